The summed E-state index contributed by atoms with van der Waals surface area (Å²) in [5.74, 6) is 0.758. The predicted molar refractivity (Wildman–Crippen MR) is 124 cm³/mol. The lowest BCUT2D eigenvalue weighted by molar-refractivity contribution is -0.128. The maximum atomic E-state index is 13.9. The number of imidazole rings is 1. The van der Waals surface area contributed by atoms with Crippen molar-refractivity contribution < 1.29 is 14.0 Å². The van der Waals surface area contributed by atoms with Crippen LogP contribution < -0.4 is 4.90 Å². The van der Waals surface area contributed by atoms with Gasteiger partial charge in [0.1, 0.15) is 5.82 Å². The molecule has 3 aromatic rings. The van der Waals surface area contributed by atoms with E-state index in [1.807, 2.05) is 24.3 Å². The van der Waals surface area contributed by atoms with Gasteiger partial charge in [0.25, 0.3) is 0 Å². The number of aromatic nitrogens is 3. The maximum Gasteiger partial charge on any atom is 0.238 e. The molecule has 9 heteroatoms. The number of likely N-dealkylation sites (tertiary alicyclic amines) is 1. The number of hydrogen-bond acceptors (Lipinski definition) is 4. The first-order chi connectivity index (χ1) is 16.1. The van der Waals surface area contributed by atoms with Gasteiger partial charge in [0.15, 0.2) is 0 Å². The number of alkyl halides is 1. The Morgan fingerprint density at radius 2 is 2.00 bits per heavy atom. The molecule has 172 valence electrons. The molecule has 2 aromatic heterocycles. The van der Waals surface area contributed by atoms with E-state index in [0.717, 1.165) is 34.5 Å². The minimum Gasteiger partial charge on any atom is -0.345 e. The molecule has 1 aromatic carbocycles. The smallest absolute Gasteiger partial charge is 0.238 e. The van der Waals surface area contributed by atoms with Gasteiger partial charge in [0.05, 0.1) is 41.6 Å². The summed E-state index contributed by atoms with van der Waals surface area (Å²) in [6, 6.07) is 7.47. The summed E-state index contributed by atoms with van der Waals surface area (Å²) in [4.78, 5) is 37.7. The summed E-state index contributed by atoms with van der Waals surface area (Å²) >= 11 is 6.19. The lowest BCUT2D eigenvalue weighted by atomic mass is 9.74. The van der Waals surface area contributed by atoms with Crippen LogP contribution in [0.5, 0.6) is 0 Å². The second-order valence-corrected chi connectivity index (χ2v) is 9.15. The number of nitrogens with zero attached hydrogens (tertiary/aromatic N) is 5. The molecule has 1 saturated heterocycles. The van der Waals surface area contributed by atoms with Crippen molar-refractivity contribution in [3.63, 3.8) is 0 Å². The van der Waals surface area contributed by atoms with Crippen molar-refractivity contribution in [3.8, 4) is 0 Å². The Labute approximate surface area is 196 Å². The topological polar surface area (TPSA) is 71.3 Å². The molecular weight excluding hydrogens is 445 g/mol. The van der Waals surface area contributed by atoms with Crippen molar-refractivity contribution in [1.29, 1.82) is 0 Å². The summed E-state index contributed by atoms with van der Waals surface area (Å²) in [6.45, 7) is 1.63. The number of anilines is 1. The van der Waals surface area contributed by atoms with E-state index < -0.39 is 5.41 Å². The third-order valence-corrected chi connectivity index (χ3v) is 7.15. The molecule has 0 saturated carbocycles. The van der Waals surface area contributed by atoms with Crippen LogP contribution in [-0.4, -0.2) is 51.5 Å². The number of carbonyl (C=O) groups is 2. The molecule has 4 heterocycles. The third-order valence-electron chi connectivity index (χ3n) is 6.92. The van der Waals surface area contributed by atoms with E-state index in [4.69, 9.17) is 16.6 Å². The normalized spacial score (nSPS) is 17.2. The number of fused-ring (bicyclic) bond motifs is 3. The molecule has 2 aliphatic heterocycles. The number of aryl methyl sites for hydroxylation is 1. The van der Waals surface area contributed by atoms with Crippen LogP contribution in [0, 0.1) is 0 Å². The van der Waals surface area contributed by atoms with E-state index in [1.54, 1.807) is 22.2 Å². The zero-order valence-electron chi connectivity index (χ0n) is 18.2. The highest BCUT2D eigenvalue weighted by molar-refractivity contribution is 6.31. The molecule has 2 aliphatic rings. The largest absolute Gasteiger partial charge is 0.345 e. The van der Waals surface area contributed by atoms with Crippen LogP contribution in [-0.2, 0) is 28.1 Å². The Kier molecular flexibility index (Phi) is 5.78. The summed E-state index contributed by atoms with van der Waals surface area (Å²) in [6.07, 6.45) is 6.62. The minimum absolute atomic E-state index is 0.0245. The highest BCUT2D eigenvalue weighted by atomic mass is 35.5. The van der Waals surface area contributed by atoms with Gasteiger partial charge < -0.3 is 14.4 Å². The van der Waals surface area contributed by atoms with Gasteiger partial charge in [-0.05, 0) is 55.5 Å². The summed E-state index contributed by atoms with van der Waals surface area (Å²) in [7, 11) is 0. The van der Waals surface area contributed by atoms with Gasteiger partial charge in [-0.1, -0.05) is 11.6 Å². The van der Waals surface area contributed by atoms with Gasteiger partial charge in [-0.2, -0.15) is 0 Å². The van der Waals surface area contributed by atoms with E-state index in [-0.39, 0.29) is 12.6 Å². The van der Waals surface area contributed by atoms with E-state index in [9.17, 15) is 14.0 Å². The number of rotatable bonds is 7. The van der Waals surface area contributed by atoms with Crippen LogP contribution in [0.4, 0.5) is 10.1 Å². The molecule has 0 N–H and O–H groups in total. The molecule has 33 heavy (non-hydrogen) atoms. The van der Waals surface area contributed by atoms with E-state index in [0.29, 0.717) is 56.9 Å². The number of unbranched alkanes of at least 4 members (excludes halogenated alkanes) is 1. The molecule has 2 amide bonds. The van der Waals surface area contributed by atoms with Crippen LogP contribution in [0.1, 0.15) is 37.1 Å². The van der Waals surface area contributed by atoms with Gasteiger partial charge in [0.2, 0.25) is 12.3 Å². The highest BCUT2D eigenvalue weighted by Gasteiger charge is 2.52. The maximum absolute atomic E-state index is 13.9. The Balaban J connectivity index is 1.52. The van der Waals surface area contributed by atoms with Crippen LogP contribution in [0.3, 0.4) is 0 Å². The van der Waals surface area contributed by atoms with Gasteiger partial charge >= 0.3 is 0 Å². The molecule has 0 atom stereocenters. The zero-order chi connectivity index (χ0) is 23.0. The van der Waals surface area contributed by atoms with E-state index in [2.05, 4.69) is 9.55 Å². The zero-order valence-corrected chi connectivity index (χ0v) is 19.0. The molecule has 0 bridgehead atoms. The number of halogens is 2. The van der Waals surface area contributed by atoms with Crippen LogP contribution >= 0.6 is 11.6 Å². The van der Waals surface area contributed by atoms with Crippen molar-refractivity contribution in [1.82, 2.24) is 19.4 Å². The molecule has 5 rings (SSSR count). The summed E-state index contributed by atoms with van der Waals surface area (Å²) in [5.41, 5.74) is 2.79. The van der Waals surface area contributed by atoms with Crippen LogP contribution in [0.2, 0.25) is 5.02 Å². The Hall–Kier alpha value is -3.00. The summed E-state index contributed by atoms with van der Waals surface area (Å²) < 4.78 is 14.8. The second kappa shape index (κ2) is 8.74. The number of hydrogen-bond donors (Lipinski definition) is 0. The van der Waals surface area contributed by atoms with E-state index >= 15 is 0 Å². The molecule has 1 spiro atoms. The first kappa shape index (κ1) is 21.8. The second-order valence-electron chi connectivity index (χ2n) is 8.72. The third kappa shape index (κ3) is 3.66. The Morgan fingerprint density at radius 1 is 1.18 bits per heavy atom. The monoisotopic (exact) mass is 469 g/mol. The number of carbonyl (C=O) groups excluding carboxylic acids is 2. The molecule has 0 radical (unpaired) electrons. The predicted octanol–water partition coefficient (Wildman–Crippen LogP) is 3.87. The number of piperidine rings is 1. The van der Waals surface area contributed by atoms with Crippen LogP contribution in [0.25, 0.3) is 11.0 Å². The van der Waals surface area contributed by atoms with Gasteiger partial charge in [-0.15, -0.1) is 0 Å². The van der Waals surface area contributed by atoms with Gasteiger partial charge in [-0.3, -0.25) is 19.0 Å². The van der Waals surface area contributed by atoms with Gasteiger partial charge in [-0.25, -0.2) is 4.98 Å². The minimum atomic E-state index is -0.647. The van der Waals surface area contributed by atoms with E-state index in [1.165, 1.54) is 0 Å². The number of amides is 2. The lowest BCUT2D eigenvalue weighted by Gasteiger charge is -2.36. The molecule has 0 unspecified atom stereocenters. The fraction of sp³-hybridized carbons (Fsp3) is 0.417. The highest BCUT2D eigenvalue weighted by Crippen LogP contribution is 2.48. The first-order valence-electron chi connectivity index (χ1n) is 11.2. The quantitative estimate of drug-likeness (QED) is 0.389. The molecular formula is C24H25ClFN5O2. The number of benzene rings is 1. The molecule has 7 nitrogen and oxygen atoms in total. The lowest BCUT2D eigenvalue weighted by Crippen LogP contribution is -2.48. The van der Waals surface area contributed by atoms with Crippen molar-refractivity contribution in [3.05, 3.63) is 53.1 Å². The van der Waals surface area contributed by atoms with Crippen molar-refractivity contribution >= 4 is 40.6 Å². The van der Waals surface area contributed by atoms with Crippen molar-refractivity contribution in [2.24, 2.45) is 0 Å². The van der Waals surface area contributed by atoms with Crippen molar-refractivity contribution in [2.75, 3.05) is 24.7 Å². The summed E-state index contributed by atoms with van der Waals surface area (Å²) in [5, 5.41) is 0.593. The number of pyridine rings is 1. The average molecular weight is 470 g/mol. The van der Waals surface area contributed by atoms with Crippen LogP contribution in [0.15, 0.2) is 36.7 Å². The SMILES string of the molecule is O=CN1CCC2(CC1)C(=O)N(Cc1nc3cc(Cl)ccc3n1CCCCF)c1cnccc12. The first-order valence-corrected chi connectivity index (χ1v) is 11.6. The van der Waals surface area contributed by atoms with Gasteiger partial charge in [0, 0.05) is 30.9 Å². The Morgan fingerprint density at radius 3 is 2.76 bits per heavy atom. The molecule has 1 fully saturated rings. The average Bonchev–Trinajstić information content (AvgIpc) is 3.28. The fourth-order valence-corrected chi connectivity index (χ4v) is 5.34. The Bertz CT molecular complexity index is 1200. The standard InChI is InChI=1S/C24H25ClFN5O2/c25-17-3-4-20-19(13-17)28-22(30(20)10-2-1-8-26)15-31-21-14-27-9-5-18(21)24(23(31)33)6-11-29(16-32)12-7-24/h3-5,9,13-14,16H,1-2,6-8,10-12,15H2. The van der Waals surface area contributed by atoms with Crippen molar-refractivity contribution in [2.45, 2.75) is 44.2 Å². The fourth-order valence-electron chi connectivity index (χ4n) is 5.17. The molecule has 0 aliphatic carbocycles.